The molecule has 1 fully saturated rings. The van der Waals surface area contributed by atoms with Crippen molar-refractivity contribution in [1.82, 2.24) is 25.1 Å². The monoisotopic (exact) mass is 263 g/mol. The number of aromatic nitrogens is 5. The van der Waals surface area contributed by atoms with Crippen LogP contribution in [0.4, 0.5) is 0 Å². The van der Waals surface area contributed by atoms with Crippen LogP contribution in [-0.4, -0.2) is 37.8 Å². The molecule has 0 amide bonds. The van der Waals surface area contributed by atoms with Crippen LogP contribution in [0.15, 0.2) is 10.7 Å². The van der Waals surface area contributed by atoms with E-state index in [9.17, 15) is 0 Å². The first-order valence-corrected chi connectivity index (χ1v) is 6.63. The summed E-state index contributed by atoms with van der Waals surface area (Å²) >= 11 is 0. The molecule has 3 rings (SSSR count). The molecule has 0 radical (unpaired) electrons. The molecule has 1 aliphatic heterocycles. The first-order valence-electron chi connectivity index (χ1n) is 6.63. The lowest BCUT2D eigenvalue weighted by atomic mass is 10.0. The molecule has 0 aromatic carbocycles. The predicted molar refractivity (Wildman–Crippen MR) is 66.4 cm³/mol. The number of nitrogens with zero attached hydrogens (tertiary/aromatic N) is 5. The molecule has 0 aliphatic carbocycles. The molecule has 102 valence electrons. The molecule has 0 N–H and O–H groups in total. The van der Waals surface area contributed by atoms with Crippen LogP contribution in [0.25, 0.3) is 11.6 Å². The summed E-state index contributed by atoms with van der Waals surface area (Å²) in [5.74, 6) is 1.23. The van der Waals surface area contributed by atoms with Gasteiger partial charge in [0.25, 0.3) is 5.89 Å². The molecule has 3 heterocycles. The summed E-state index contributed by atoms with van der Waals surface area (Å²) in [6.07, 6.45) is 3.98. The molecule has 2 atom stereocenters. The third-order valence-electron chi connectivity index (χ3n) is 3.41. The van der Waals surface area contributed by atoms with Gasteiger partial charge in [-0.1, -0.05) is 12.1 Å². The summed E-state index contributed by atoms with van der Waals surface area (Å²) in [5, 5.41) is 12.4. The Bertz CT molecular complexity index is 544. The van der Waals surface area contributed by atoms with Crippen LogP contribution < -0.4 is 0 Å². The van der Waals surface area contributed by atoms with Crippen molar-refractivity contribution in [1.29, 1.82) is 0 Å². The highest BCUT2D eigenvalue weighted by Gasteiger charge is 2.27. The second-order valence-corrected chi connectivity index (χ2v) is 4.72. The average Bonchev–Trinajstić information content (AvgIpc) is 3.17. The fourth-order valence-corrected chi connectivity index (χ4v) is 2.23. The molecular weight excluding hydrogens is 246 g/mol. The molecule has 2 unspecified atom stereocenters. The predicted octanol–water partition coefficient (Wildman–Crippen LogP) is 1.63. The highest BCUT2D eigenvalue weighted by molar-refractivity contribution is 5.43. The summed E-state index contributed by atoms with van der Waals surface area (Å²) in [6.45, 7) is 5.58. The zero-order valence-electron chi connectivity index (χ0n) is 11.1. The van der Waals surface area contributed by atoms with Crippen molar-refractivity contribution in [2.24, 2.45) is 0 Å². The first-order chi connectivity index (χ1) is 9.28. The van der Waals surface area contributed by atoms with E-state index in [2.05, 4.69) is 27.3 Å². The Morgan fingerprint density at radius 1 is 1.53 bits per heavy atom. The standard InChI is InChI=1S/C12H17N5O2/c1-3-17-13-7-9(15-17)12-14-11(16-19-12)8(2)10-5-4-6-18-10/h7-8,10H,3-6H2,1-2H3. The highest BCUT2D eigenvalue weighted by atomic mass is 16.5. The van der Waals surface area contributed by atoms with Crippen LogP contribution in [-0.2, 0) is 11.3 Å². The maximum absolute atomic E-state index is 5.65. The molecule has 1 saturated heterocycles. The maximum Gasteiger partial charge on any atom is 0.280 e. The molecule has 0 spiro atoms. The summed E-state index contributed by atoms with van der Waals surface area (Å²) in [6, 6.07) is 0. The lowest BCUT2D eigenvalue weighted by Crippen LogP contribution is -2.15. The van der Waals surface area contributed by atoms with E-state index in [1.807, 2.05) is 6.92 Å². The van der Waals surface area contributed by atoms with Crippen molar-refractivity contribution in [3.8, 4) is 11.6 Å². The van der Waals surface area contributed by atoms with Crippen LogP contribution in [0.5, 0.6) is 0 Å². The molecule has 2 aromatic heterocycles. The molecule has 1 aliphatic rings. The number of hydrogen-bond donors (Lipinski definition) is 0. The molecule has 7 heteroatoms. The minimum Gasteiger partial charge on any atom is -0.377 e. The van der Waals surface area contributed by atoms with Crippen molar-refractivity contribution in [3.05, 3.63) is 12.0 Å². The number of aryl methyl sites for hydroxylation is 1. The van der Waals surface area contributed by atoms with Gasteiger partial charge >= 0.3 is 0 Å². The molecule has 19 heavy (non-hydrogen) atoms. The van der Waals surface area contributed by atoms with E-state index >= 15 is 0 Å². The van der Waals surface area contributed by atoms with Gasteiger partial charge in [0.15, 0.2) is 11.5 Å². The van der Waals surface area contributed by atoms with Crippen molar-refractivity contribution in [2.75, 3.05) is 6.61 Å². The van der Waals surface area contributed by atoms with Gasteiger partial charge in [-0.25, -0.2) is 0 Å². The smallest absolute Gasteiger partial charge is 0.280 e. The summed E-state index contributed by atoms with van der Waals surface area (Å²) in [7, 11) is 0. The fourth-order valence-electron chi connectivity index (χ4n) is 2.23. The quantitative estimate of drug-likeness (QED) is 0.834. The molecule has 0 bridgehead atoms. The van der Waals surface area contributed by atoms with Crippen molar-refractivity contribution in [3.63, 3.8) is 0 Å². The Hall–Kier alpha value is -1.76. The average molecular weight is 263 g/mol. The largest absolute Gasteiger partial charge is 0.377 e. The minimum absolute atomic E-state index is 0.140. The highest BCUT2D eigenvalue weighted by Crippen LogP contribution is 2.27. The van der Waals surface area contributed by atoms with Gasteiger partial charge in [0, 0.05) is 12.5 Å². The van der Waals surface area contributed by atoms with E-state index in [4.69, 9.17) is 9.26 Å². The summed E-state index contributed by atoms with van der Waals surface area (Å²) in [5.41, 5.74) is 0.611. The Morgan fingerprint density at radius 2 is 2.42 bits per heavy atom. The van der Waals surface area contributed by atoms with Crippen LogP contribution in [0.2, 0.25) is 0 Å². The molecule has 7 nitrogen and oxygen atoms in total. The van der Waals surface area contributed by atoms with E-state index < -0.39 is 0 Å². The number of hydrogen-bond acceptors (Lipinski definition) is 6. The van der Waals surface area contributed by atoms with Gasteiger partial charge in [-0.2, -0.15) is 14.9 Å². The van der Waals surface area contributed by atoms with Gasteiger partial charge in [-0.05, 0) is 19.8 Å². The fraction of sp³-hybridized carbons (Fsp3) is 0.667. The topological polar surface area (TPSA) is 78.9 Å². The summed E-state index contributed by atoms with van der Waals surface area (Å²) in [4.78, 5) is 5.99. The van der Waals surface area contributed by atoms with Crippen LogP contribution in [0.3, 0.4) is 0 Å². The number of rotatable bonds is 4. The lowest BCUT2D eigenvalue weighted by molar-refractivity contribution is 0.0902. The molecule has 2 aromatic rings. The molecular formula is C12H17N5O2. The zero-order valence-corrected chi connectivity index (χ0v) is 11.1. The Balaban J connectivity index is 1.78. The van der Waals surface area contributed by atoms with Crippen LogP contribution >= 0.6 is 0 Å². The third kappa shape index (κ3) is 2.37. The van der Waals surface area contributed by atoms with Gasteiger partial charge in [0.1, 0.15) is 0 Å². The van der Waals surface area contributed by atoms with Crippen molar-refractivity contribution in [2.45, 2.75) is 45.3 Å². The second-order valence-electron chi connectivity index (χ2n) is 4.72. The van der Waals surface area contributed by atoms with Gasteiger partial charge < -0.3 is 9.26 Å². The van der Waals surface area contributed by atoms with Gasteiger partial charge in [-0.15, -0.1) is 5.10 Å². The van der Waals surface area contributed by atoms with E-state index in [1.54, 1.807) is 11.0 Å². The second kappa shape index (κ2) is 5.08. The Kier molecular flexibility index (Phi) is 3.29. The summed E-state index contributed by atoms with van der Waals surface area (Å²) < 4.78 is 10.9. The zero-order chi connectivity index (χ0) is 13.2. The SMILES string of the molecule is CCn1ncc(-c2nc(C(C)C3CCCO3)no2)n1. The maximum atomic E-state index is 5.65. The Labute approximate surface area is 110 Å². The van der Waals surface area contributed by atoms with Gasteiger partial charge in [0.05, 0.1) is 18.8 Å². The number of ether oxygens (including phenoxy) is 1. The van der Waals surface area contributed by atoms with Crippen molar-refractivity contribution < 1.29 is 9.26 Å². The molecule has 0 saturated carbocycles. The van der Waals surface area contributed by atoms with Gasteiger partial charge in [-0.3, -0.25) is 0 Å². The van der Waals surface area contributed by atoms with Gasteiger partial charge in [0.2, 0.25) is 0 Å². The normalized spacial score (nSPS) is 20.8. The van der Waals surface area contributed by atoms with E-state index in [0.717, 1.165) is 19.4 Å². The van der Waals surface area contributed by atoms with E-state index in [0.29, 0.717) is 24.0 Å². The third-order valence-corrected chi connectivity index (χ3v) is 3.41. The minimum atomic E-state index is 0.140. The first kappa shape index (κ1) is 12.3. The van der Waals surface area contributed by atoms with E-state index in [-0.39, 0.29) is 12.0 Å². The van der Waals surface area contributed by atoms with Crippen molar-refractivity contribution >= 4 is 0 Å². The lowest BCUT2D eigenvalue weighted by Gasteiger charge is -2.13. The van der Waals surface area contributed by atoms with Crippen LogP contribution in [0.1, 0.15) is 38.4 Å². The van der Waals surface area contributed by atoms with E-state index in [1.165, 1.54) is 0 Å². The van der Waals surface area contributed by atoms with Crippen LogP contribution in [0, 0.1) is 0 Å². The Morgan fingerprint density at radius 3 is 3.11 bits per heavy atom.